The Labute approximate surface area is 163 Å². The molecule has 0 aliphatic rings. The van der Waals surface area contributed by atoms with Crippen molar-refractivity contribution in [3.8, 4) is 0 Å². The van der Waals surface area contributed by atoms with Gasteiger partial charge in [-0.25, -0.2) is 0 Å². The molecule has 0 bridgehead atoms. The van der Waals surface area contributed by atoms with E-state index in [1.54, 1.807) is 17.0 Å². The highest BCUT2D eigenvalue weighted by Crippen LogP contribution is 2.25. The van der Waals surface area contributed by atoms with E-state index in [9.17, 15) is 4.79 Å². The highest BCUT2D eigenvalue weighted by Gasteiger charge is 2.17. The Morgan fingerprint density at radius 3 is 1.96 bits per heavy atom. The van der Waals surface area contributed by atoms with Crippen LogP contribution in [0.2, 0.25) is 10.0 Å². The van der Waals surface area contributed by atoms with Gasteiger partial charge in [-0.3, -0.25) is 9.69 Å². The van der Waals surface area contributed by atoms with Gasteiger partial charge in [0, 0.05) is 28.0 Å². The monoisotopic (exact) mass is 384 g/mol. The molecule has 1 N–H and O–H groups in total. The Morgan fingerprint density at radius 2 is 1.42 bits per heavy atom. The second-order valence-corrected chi connectivity index (χ2v) is 6.58. The Bertz CT molecular complexity index is 830. The molecule has 3 aromatic carbocycles. The molecule has 0 unspecified atom stereocenters. The fourth-order valence-electron chi connectivity index (χ4n) is 2.64. The van der Waals surface area contributed by atoms with E-state index < -0.39 is 0 Å². The van der Waals surface area contributed by atoms with Crippen LogP contribution in [0.5, 0.6) is 0 Å². The molecule has 1 amide bonds. The molecule has 0 spiro atoms. The van der Waals surface area contributed by atoms with Gasteiger partial charge in [0.2, 0.25) is 5.91 Å². The van der Waals surface area contributed by atoms with Crippen LogP contribution in [0.25, 0.3) is 0 Å². The lowest BCUT2D eigenvalue weighted by Gasteiger charge is -2.23. The lowest BCUT2D eigenvalue weighted by molar-refractivity contribution is -0.117. The van der Waals surface area contributed by atoms with Gasteiger partial charge < -0.3 is 5.32 Å². The van der Waals surface area contributed by atoms with Crippen LogP contribution >= 0.6 is 23.2 Å². The third-order valence-corrected chi connectivity index (χ3v) is 4.47. The van der Waals surface area contributed by atoms with E-state index in [4.69, 9.17) is 23.2 Å². The molecule has 5 heteroatoms. The quantitative estimate of drug-likeness (QED) is 0.612. The number of benzene rings is 3. The van der Waals surface area contributed by atoms with Gasteiger partial charge in [-0.15, -0.1) is 0 Å². The van der Waals surface area contributed by atoms with Crippen LogP contribution in [0.1, 0.15) is 5.56 Å². The van der Waals surface area contributed by atoms with Crippen molar-refractivity contribution in [2.24, 2.45) is 0 Å². The SMILES string of the molecule is O=C(CNCc1ccc(Cl)cc1Cl)N(c1ccccc1)c1ccccc1. The number of nitrogens with zero attached hydrogens (tertiary/aromatic N) is 1. The molecule has 26 heavy (non-hydrogen) atoms. The summed E-state index contributed by atoms with van der Waals surface area (Å²) in [7, 11) is 0. The number of anilines is 2. The zero-order chi connectivity index (χ0) is 18.4. The summed E-state index contributed by atoms with van der Waals surface area (Å²) in [5.41, 5.74) is 2.56. The number of carbonyl (C=O) groups is 1. The van der Waals surface area contributed by atoms with E-state index in [0.717, 1.165) is 16.9 Å². The van der Waals surface area contributed by atoms with E-state index in [1.165, 1.54) is 0 Å². The van der Waals surface area contributed by atoms with E-state index in [-0.39, 0.29) is 12.5 Å². The third kappa shape index (κ3) is 4.64. The van der Waals surface area contributed by atoms with Crippen LogP contribution in [0.4, 0.5) is 11.4 Å². The predicted molar refractivity (Wildman–Crippen MR) is 108 cm³/mol. The topological polar surface area (TPSA) is 32.3 Å². The van der Waals surface area contributed by atoms with Crippen molar-refractivity contribution in [1.29, 1.82) is 0 Å². The summed E-state index contributed by atoms with van der Waals surface area (Å²) in [5, 5.41) is 4.34. The van der Waals surface area contributed by atoms with Crippen LogP contribution in [0.3, 0.4) is 0 Å². The maximum Gasteiger partial charge on any atom is 0.245 e. The highest BCUT2D eigenvalue weighted by molar-refractivity contribution is 6.35. The fraction of sp³-hybridized carbons (Fsp3) is 0.0952. The molecule has 0 radical (unpaired) electrons. The van der Waals surface area contributed by atoms with Crippen LogP contribution in [-0.2, 0) is 11.3 Å². The predicted octanol–water partition coefficient (Wildman–Crippen LogP) is 5.45. The summed E-state index contributed by atoms with van der Waals surface area (Å²) >= 11 is 12.1. The maximum atomic E-state index is 12.9. The van der Waals surface area contributed by atoms with Crippen molar-refractivity contribution in [2.75, 3.05) is 11.4 Å². The lowest BCUT2D eigenvalue weighted by Crippen LogP contribution is -2.35. The molecule has 3 aromatic rings. The first-order chi connectivity index (χ1) is 12.6. The number of nitrogens with one attached hydrogen (secondary N) is 1. The van der Waals surface area contributed by atoms with Crippen LogP contribution in [-0.4, -0.2) is 12.5 Å². The third-order valence-electron chi connectivity index (χ3n) is 3.88. The zero-order valence-electron chi connectivity index (χ0n) is 14.0. The number of carbonyl (C=O) groups excluding carboxylic acids is 1. The minimum Gasteiger partial charge on any atom is -0.304 e. The molecular formula is C21H18Cl2N2O. The van der Waals surface area contributed by atoms with E-state index in [2.05, 4.69) is 5.32 Å². The number of para-hydroxylation sites is 2. The summed E-state index contributed by atoms with van der Waals surface area (Å²) in [4.78, 5) is 14.6. The van der Waals surface area contributed by atoms with E-state index >= 15 is 0 Å². The van der Waals surface area contributed by atoms with Gasteiger partial charge in [0.25, 0.3) is 0 Å². The van der Waals surface area contributed by atoms with Crippen LogP contribution in [0.15, 0.2) is 78.9 Å². The molecule has 0 aliphatic heterocycles. The molecule has 0 atom stereocenters. The van der Waals surface area contributed by atoms with Crippen LogP contribution < -0.4 is 10.2 Å². The molecule has 0 saturated carbocycles. The summed E-state index contributed by atoms with van der Waals surface area (Å²) in [5.74, 6) is -0.0486. The van der Waals surface area contributed by atoms with Crippen molar-refractivity contribution < 1.29 is 4.79 Å². The Morgan fingerprint density at radius 1 is 0.846 bits per heavy atom. The Hall–Kier alpha value is -2.33. The summed E-state index contributed by atoms with van der Waals surface area (Å²) in [6.07, 6.45) is 0. The smallest absolute Gasteiger partial charge is 0.245 e. The van der Waals surface area contributed by atoms with Gasteiger partial charge in [-0.1, -0.05) is 65.7 Å². The average Bonchev–Trinajstić information content (AvgIpc) is 2.65. The number of hydrogen-bond acceptors (Lipinski definition) is 2. The normalized spacial score (nSPS) is 10.5. The Balaban J connectivity index is 1.72. The van der Waals surface area contributed by atoms with Crippen molar-refractivity contribution in [3.05, 3.63) is 94.5 Å². The molecule has 3 rings (SSSR count). The van der Waals surface area contributed by atoms with Gasteiger partial charge in [0.15, 0.2) is 0 Å². The number of halogens is 2. The molecule has 0 fully saturated rings. The molecule has 0 heterocycles. The van der Waals surface area contributed by atoms with E-state index in [0.29, 0.717) is 16.6 Å². The summed E-state index contributed by atoms with van der Waals surface area (Å²) in [6.45, 7) is 0.669. The number of hydrogen-bond donors (Lipinski definition) is 1. The van der Waals surface area contributed by atoms with E-state index in [1.807, 2.05) is 66.7 Å². The molecule has 0 aromatic heterocycles. The van der Waals surface area contributed by atoms with Crippen molar-refractivity contribution in [1.82, 2.24) is 5.32 Å². The second-order valence-electron chi connectivity index (χ2n) is 5.74. The van der Waals surface area contributed by atoms with Crippen molar-refractivity contribution in [2.45, 2.75) is 6.54 Å². The number of amides is 1. The fourth-order valence-corrected chi connectivity index (χ4v) is 3.11. The zero-order valence-corrected chi connectivity index (χ0v) is 15.5. The lowest BCUT2D eigenvalue weighted by atomic mass is 10.2. The molecule has 0 saturated heterocycles. The average molecular weight is 385 g/mol. The molecule has 0 aliphatic carbocycles. The highest BCUT2D eigenvalue weighted by atomic mass is 35.5. The first-order valence-electron chi connectivity index (χ1n) is 8.23. The van der Waals surface area contributed by atoms with Gasteiger partial charge >= 0.3 is 0 Å². The minimum atomic E-state index is -0.0486. The first kappa shape index (κ1) is 18.5. The molecule has 3 nitrogen and oxygen atoms in total. The van der Waals surface area contributed by atoms with Gasteiger partial charge in [0.05, 0.1) is 6.54 Å². The van der Waals surface area contributed by atoms with Gasteiger partial charge in [0.1, 0.15) is 0 Å². The molecule has 132 valence electrons. The van der Waals surface area contributed by atoms with Gasteiger partial charge in [-0.05, 0) is 42.0 Å². The maximum absolute atomic E-state index is 12.9. The van der Waals surface area contributed by atoms with Crippen molar-refractivity contribution in [3.63, 3.8) is 0 Å². The Kier molecular flexibility index (Phi) is 6.29. The largest absolute Gasteiger partial charge is 0.304 e. The standard InChI is InChI=1S/C21H18Cl2N2O/c22-17-12-11-16(20(23)13-17)14-24-15-21(26)25(18-7-3-1-4-8-18)19-9-5-2-6-10-19/h1-13,24H,14-15H2. The van der Waals surface area contributed by atoms with Crippen molar-refractivity contribution >= 4 is 40.5 Å². The number of rotatable bonds is 6. The minimum absolute atomic E-state index is 0.0486. The molecular weight excluding hydrogens is 367 g/mol. The first-order valence-corrected chi connectivity index (χ1v) is 8.98. The van der Waals surface area contributed by atoms with Gasteiger partial charge in [-0.2, -0.15) is 0 Å². The second kappa shape index (κ2) is 8.86. The van der Waals surface area contributed by atoms with Crippen LogP contribution in [0, 0.1) is 0 Å². The summed E-state index contributed by atoms with van der Waals surface area (Å²) in [6, 6.07) is 24.5. The summed E-state index contributed by atoms with van der Waals surface area (Å²) < 4.78 is 0.